The molecule has 1 aromatic carbocycles. The predicted molar refractivity (Wildman–Crippen MR) is 104 cm³/mol. The maximum Gasteiger partial charge on any atom is 0.308 e. The van der Waals surface area contributed by atoms with Crippen LogP contribution in [-0.2, 0) is 17.9 Å². The molecule has 0 radical (unpaired) electrons. The average molecular weight is 383 g/mol. The van der Waals surface area contributed by atoms with Crippen LogP contribution in [0.5, 0.6) is 0 Å². The van der Waals surface area contributed by atoms with Crippen LogP contribution in [0.3, 0.4) is 0 Å². The summed E-state index contributed by atoms with van der Waals surface area (Å²) in [6, 6.07) is 12.4. The zero-order valence-electron chi connectivity index (χ0n) is 15.9. The molecule has 2 aliphatic rings. The summed E-state index contributed by atoms with van der Waals surface area (Å²) in [6.07, 6.45) is 3.58. The quantitative estimate of drug-likeness (QED) is 0.860. The fourth-order valence-electron chi connectivity index (χ4n) is 4.76. The molecule has 1 N–H and O–H groups in total. The Bertz CT molecular complexity index is 804. The van der Waals surface area contributed by atoms with Gasteiger partial charge in [0.15, 0.2) is 0 Å². The van der Waals surface area contributed by atoms with Gasteiger partial charge in [0.25, 0.3) is 0 Å². The minimum absolute atomic E-state index is 0.174. The van der Waals surface area contributed by atoms with E-state index in [1.54, 1.807) is 12.1 Å². The fourth-order valence-corrected chi connectivity index (χ4v) is 4.76. The van der Waals surface area contributed by atoms with Crippen LogP contribution >= 0.6 is 0 Å². The highest BCUT2D eigenvalue weighted by atomic mass is 19.1. The Labute approximate surface area is 164 Å². The number of pyridine rings is 1. The van der Waals surface area contributed by atoms with E-state index in [1.807, 2.05) is 24.4 Å². The van der Waals surface area contributed by atoms with Crippen molar-refractivity contribution in [3.05, 3.63) is 65.7 Å². The molecule has 4 rings (SSSR count). The van der Waals surface area contributed by atoms with Crippen LogP contribution in [0.4, 0.5) is 4.39 Å². The molecule has 2 aromatic rings. The second-order valence-electron chi connectivity index (χ2n) is 8.15. The third-order valence-electron chi connectivity index (χ3n) is 6.30. The number of carboxylic acid groups (broad SMARTS) is 1. The van der Waals surface area contributed by atoms with E-state index in [-0.39, 0.29) is 17.2 Å². The normalized spacial score (nSPS) is 22.5. The first-order chi connectivity index (χ1) is 13.5. The van der Waals surface area contributed by atoms with Crippen LogP contribution < -0.4 is 0 Å². The maximum absolute atomic E-state index is 13.1. The number of hydrogen-bond acceptors (Lipinski definition) is 4. The minimum Gasteiger partial charge on any atom is -0.481 e. The van der Waals surface area contributed by atoms with Gasteiger partial charge in [0.1, 0.15) is 5.82 Å². The number of rotatable bonds is 5. The molecule has 3 heterocycles. The Morgan fingerprint density at radius 3 is 2.50 bits per heavy atom. The first-order valence-electron chi connectivity index (χ1n) is 9.86. The number of aromatic nitrogens is 1. The largest absolute Gasteiger partial charge is 0.481 e. The molecule has 6 heteroatoms. The van der Waals surface area contributed by atoms with Crippen molar-refractivity contribution in [2.45, 2.75) is 25.9 Å². The first-order valence-corrected chi connectivity index (χ1v) is 9.86. The molecule has 1 aromatic heterocycles. The summed E-state index contributed by atoms with van der Waals surface area (Å²) < 4.78 is 13.1. The number of carbonyl (C=O) groups is 1. The van der Waals surface area contributed by atoms with Crippen molar-refractivity contribution in [2.24, 2.45) is 11.3 Å². The number of nitrogens with zero attached hydrogens (tertiary/aromatic N) is 3. The lowest BCUT2D eigenvalue weighted by atomic mass is 9.71. The number of likely N-dealkylation sites (tertiary alicyclic amines) is 2. The van der Waals surface area contributed by atoms with Crippen molar-refractivity contribution in [3.8, 4) is 0 Å². The second kappa shape index (κ2) is 7.97. The van der Waals surface area contributed by atoms with E-state index >= 15 is 0 Å². The highest BCUT2D eigenvalue weighted by Crippen LogP contribution is 2.45. The molecule has 1 spiro atoms. The standard InChI is InChI=1S/C22H26FN3O2/c23-18-6-4-17(5-7-18)13-26-15-20(21(27)28)22(16-26)8-11-25(12-9-22)14-19-3-1-2-10-24-19/h1-7,10,20H,8-9,11-16H2,(H,27,28). The highest BCUT2D eigenvalue weighted by Gasteiger charge is 2.51. The number of piperidine rings is 1. The van der Waals surface area contributed by atoms with Gasteiger partial charge in [-0.2, -0.15) is 0 Å². The summed E-state index contributed by atoms with van der Waals surface area (Å²) in [4.78, 5) is 21.0. The van der Waals surface area contributed by atoms with Gasteiger partial charge in [-0.05, 0) is 55.8 Å². The molecule has 0 bridgehead atoms. The lowest BCUT2D eigenvalue weighted by molar-refractivity contribution is -0.146. The molecule has 1 unspecified atom stereocenters. The zero-order chi connectivity index (χ0) is 19.6. The maximum atomic E-state index is 13.1. The van der Waals surface area contributed by atoms with Crippen LogP contribution in [-0.4, -0.2) is 52.0 Å². The SMILES string of the molecule is O=C(O)C1CN(Cc2ccc(F)cc2)CC12CCN(Cc1ccccn1)CC2. The van der Waals surface area contributed by atoms with Gasteiger partial charge in [0.2, 0.25) is 0 Å². The average Bonchev–Trinajstić information content (AvgIpc) is 3.04. The summed E-state index contributed by atoms with van der Waals surface area (Å²) in [6.45, 7) is 4.62. The van der Waals surface area contributed by atoms with Gasteiger partial charge in [0, 0.05) is 37.8 Å². The van der Waals surface area contributed by atoms with Crippen LogP contribution in [0.1, 0.15) is 24.1 Å². The van der Waals surface area contributed by atoms with E-state index in [0.717, 1.165) is 50.3 Å². The number of halogens is 1. The lowest BCUT2D eigenvalue weighted by Gasteiger charge is -2.41. The Hall–Kier alpha value is -2.31. The third kappa shape index (κ3) is 4.08. The molecule has 5 nitrogen and oxygen atoms in total. The minimum atomic E-state index is -0.695. The predicted octanol–water partition coefficient (Wildman–Crippen LogP) is 3.02. The van der Waals surface area contributed by atoms with Crippen LogP contribution in [0.15, 0.2) is 48.7 Å². The van der Waals surface area contributed by atoms with Crippen molar-refractivity contribution < 1.29 is 14.3 Å². The molecule has 2 saturated heterocycles. The summed E-state index contributed by atoms with van der Waals surface area (Å²) in [7, 11) is 0. The molecule has 1 atom stereocenters. The van der Waals surface area contributed by atoms with Gasteiger partial charge in [0.05, 0.1) is 11.6 Å². The van der Waals surface area contributed by atoms with Crippen molar-refractivity contribution in [1.82, 2.24) is 14.8 Å². The van der Waals surface area contributed by atoms with E-state index in [0.29, 0.717) is 13.1 Å². The van der Waals surface area contributed by atoms with E-state index in [4.69, 9.17) is 0 Å². The van der Waals surface area contributed by atoms with Gasteiger partial charge >= 0.3 is 5.97 Å². The first kappa shape index (κ1) is 19.0. The van der Waals surface area contributed by atoms with Gasteiger partial charge in [-0.25, -0.2) is 4.39 Å². The molecule has 0 aliphatic carbocycles. The van der Waals surface area contributed by atoms with Crippen LogP contribution in [0.2, 0.25) is 0 Å². The Morgan fingerprint density at radius 2 is 1.86 bits per heavy atom. The Balaban J connectivity index is 1.41. The highest BCUT2D eigenvalue weighted by molar-refractivity contribution is 5.72. The summed E-state index contributed by atoms with van der Waals surface area (Å²) in [5.41, 5.74) is 1.90. The molecule has 148 valence electrons. The van der Waals surface area contributed by atoms with E-state index in [9.17, 15) is 14.3 Å². The van der Waals surface area contributed by atoms with Crippen molar-refractivity contribution in [2.75, 3.05) is 26.2 Å². The second-order valence-corrected chi connectivity index (χ2v) is 8.15. The molecule has 2 aliphatic heterocycles. The lowest BCUT2D eigenvalue weighted by Crippen LogP contribution is -2.45. The van der Waals surface area contributed by atoms with Gasteiger partial charge in [-0.15, -0.1) is 0 Å². The van der Waals surface area contributed by atoms with Gasteiger partial charge in [-0.1, -0.05) is 18.2 Å². The number of benzene rings is 1. The molecule has 2 fully saturated rings. The number of hydrogen-bond donors (Lipinski definition) is 1. The van der Waals surface area contributed by atoms with Gasteiger partial charge in [-0.3, -0.25) is 19.6 Å². The molecular weight excluding hydrogens is 357 g/mol. The molecule has 28 heavy (non-hydrogen) atoms. The molecular formula is C22H26FN3O2. The summed E-state index contributed by atoms with van der Waals surface area (Å²) in [5, 5.41) is 9.85. The van der Waals surface area contributed by atoms with Crippen molar-refractivity contribution in [3.63, 3.8) is 0 Å². The summed E-state index contributed by atoms with van der Waals surface area (Å²) >= 11 is 0. The van der Waals surface area contributed by atoms with E-state index < -0.39 is 5.97 Å². The van der Waals surface area contributed by atoms with E-state index in [1.165, 1.54) is 12.1 Å². The number of carboxylic acids is 1. The molecule has 0 saturated carbocycles. The monoisotopic (exact) mass is 383 g/mol. The fraction of sp³-hybridized carbons (Fsp3) is 0.455. The smallest absolute Gasteiger partial charge is 0.308 e. The zero-order valence-corrected chi connectivity index (χ0v) is 15.9. The van der Waals surface area contributed by atoms with Crippen LogP contribution in [0, 0.1) is 17.2 Å². The van der Waals surface area contributed by atoms with Crippen molar-refractivity contribution in [1.29, 1.82) is 0 Å². The molecule has 0 amide bonds. The topological polar surface area (TPSA) is 56.7 Å². The van der Waals surface area contributed by atoms with Crippen LogP contribution in [0.25, 0.3) is 0 Å². The Morgan fingerprint density at radius 1 is 1.11 bits per heavy atom. The van der Waals surface area contributed by atoms with E-state index in [2.05, 4.69) is 14.8 Å². The van der Waals surface area contributed by atoms with Crippen molar-refractivity contribution >= 4 is 5.97 Å². The Kier molecular flexibility index (Phi) is 5.42. The third-order valence-corrected chi connectivity index (χ3v) is 6.30. The number of aliphatic carboxylic acids is 1. The summed E-state index contributed by atoms with van der Waals surface area (Å²) in [5.74, 6) is -1.28. The van der Waals surface area contributed by atoms with Gasteiger partial charge < -0.3 is 5.11 Å².